The Labute approximate surface area is 112 Å². The molecular formula is C10H11BrFNO4S. The smallest absolute Gasteiger partial charge is 0.304 e. The van der Waals surface area contributed by atoms with E-state index in [0.29, 0.717) is 4.47 Å². The van der Waals surface area contributed by atoms with E-state index in [-0.39, 0.29) is 6.42 Å². The summed E-state index contributed by atoms with van der Waals surface area (Å²) in [4.78, 5) is 9.92. The second kappa shape index (κ2) is 5.77. The quantitative estimate of drug-likeness (QED) is 0.855. The van der Waals surface area contributed by atoms with Crippen molar-refractivity contribution in [1.29, 1.82) is 0 Å². The third-order valence-electron chi connectivity index (χ3n) is 2.02. The van der Waals surface area contributed by atoms with Gasteiger partial charge in [-0.1, -0.05) is 15.9 Å². The molecule has 1 atom stereocenters. The molecular weight excluding hydrogens is 329 g/mol. The Morgan fingerprint density at radius 2 is 2.17 bits per heavy atom. The standard InChI is InChI=1S/C10H11BrFNO4S/c1-6(4-10(14)15)13-18(16,17)9-3-2-7(11)5-8(9)12/h2-3,5-6,13H,4H2,1H3,(H,14,15). The molecule has 0 aliphatic rings. The summed E-state index contributed by atoms with van der Waals surface area (Å²) in [6.45, 7) is 1.39. The van der Waals surface area contributed by atoms with Crippen LogP contribution < -0.4 is 4.72 Å². The number of nitrogens with one attached hydrogen (secondary N) is 1. The Bertz CT molecular complexity index is 561. The third kappa shape index (κ3) is 4.04. The van der Waals surface area contributed by atoms with E-state index in [0.717, 1.165) is 12.1 Å². The van der Waals surface area contributed by atoms with E-state index in [9.17, 15) is 17.6 Å². The first-order valence-electron chi connectivity index (χ1n) is 4.91. The number of hydrogen-bond donors (Lipinski definition) is 2. The van der Waals surface area contributed by atoms with Gasteiger partial charge in [0.25, 0.3) is 0 Å². The molecule has 1 aromatic carbocycles. The molecule has 0 heterocycles. The van der Waals surface area contributed by atoms with Gasteiger partial charge in [0.2, 0.25) is 10.0 Å². The molecule has 5 nitrogen and oxygen atoms in total. The summed E-state index contributed by atoms with van der Waals surface area (Å²) in [5.41, 5.74) is 0. The monoisotopic (exact) mass is 339 g/mol. The molecule has 0 aliphatic carbocycles. The van der Waals surface area contributed by atoms with Crippen LogP contribution in [0.15, 0.2) is 27.6 Å². The van der Waals surface area contributed by atoms with E-state index in [1.54, 1.807) is 0 Å². The highest BCUT2D eigenvalue weighted by Gasteiger charge is 2.22. The molecule has 0 bridgehead atoms. The summed E-state index contributed by atoms with van der Waals surface area (Å²) in [6, 6.07) is 2.70. The lowest BCUT2D eigenvalue weighted by molar-refractivity contribution is -0.137. The van der Waals surface area contributed by atoms with Gasteiger partial charge in [-0.3, -0.25) is 4.79 Å². The number of carboxylic acids is 1. The minimum atomic E-state index is -4.06. The van der Waals surface area contributed by atoms with E-state index < -0.39 is 32.7 Å². The molecule has 100 valence electrons. The van der Waals surface area contributed by atoms with Gasteiger partial charge in [-0.25, -0.2) is 17.5 Å². The SMILES string of the molecule is CC(CC(=O)O)NS(=O)(=O)c1ccc(Br)cc1F. The lowest BCUT2D eigenvalue weighted by atomic mass is 10.3. The molecule has 0 saturated carbocycles. The topological polar surface area (TPSA) is 83.5 Å². The summed E-state index contributed by atoms with van der Waals surface area (Å²) >= 11 is 3.01. The second-order valence-electron chi connectivity index (χ2n) is 3.69. The van der Waals surface area contributed by atoms with Crippen LogP contribution in [0.25, 0.3) is 0 Å². The predicted molar refractivity (Wildman–Crippen MR) is 66.1 cm³/mol. The molecule has 0 aromatic heterocycles. The number of rotatable bonds is 5. The lowest BCUT2D eigenvalue weighted by Gasteiger charge is -2.12. The highest BCUT2D eigenvalue weighted by atomic mass is 79.9. The first-order chi connectivity index (χ1) is 8.22. The number of carbonyl (C=O) groups is 1. The first kappa shape index (κ1) is 15.1. The van der Waals surface area contributed by atoms with Crippen molar-refractivity contribution in [2.45, 2.75) is 24.3 Å². The highest BCUT2D eigenvalue weighted by Crippen LogP contribution is 2.19. The van der Waals surface area contributed by atoms with Crippen molar-refractivity contribution in [3.05, 3.63) is 28.5 Å². The van der Waals surface area contributed by atoms with Gasteiger partial charge in [0, 0.05) is 10.5 Å². The fourth-order valence-corrected chi connectivity index (χ4v) is 2.96. The number of aliphatic carboxylic acids is 1. The molecule has 1 aromatic rings. The molecule has 8 heteroatoms. The van der Waals surface area contributed by atoms with E-state index in [4.69, 9.17) is 5.11 Å². The third-order valence-corrected chi connectivity index (χ3v) is 4.14. The average molecular weight is 340 g/mol. The summed E-state index contributed by atoms with van der Waals surface area (Å²) in [6.07, 6.45) is -0.378. The Balaban J connectivity index is 2.96. The van der Waals surface area contributed by atoms with Gasteiger partial charge in [0.1, 0.15) is 10.7 Å². The summed E-state index contributed by atoms with van der Waals surface area (Å²) < 4.78 is 39.6. The van der Waals surface area contributed by atoms with E-state index >= 15 is 0 Å². The largest absolute Gasteiger partial charge is 0.481 e. The molecule has 18 heavy (non-hydrogen) atoms. The summed E-state index contributed by atoms with van der Waals surface area (Å²) in [5, 5.41) is 8.53. The van der Waals surface area contributed by atoms with Crippen LogP contribution in [0, 0.1) is 5.82 Å². The zero-order chi connectivity index (χ0) is 13.9. The average Bonchev–Trinajstić information content (AvgIpc) is 2.13. The Morgan fingerprint density at radius 3 is 2.67 bits per heavy atom. The maximum atomic E-state index is 13.5. The summed E-state index contributed by atoms with van der Waals surface area (Å²) in [7, 11) is -4.06. The van der Waals surface area contributed by atoms with Crippen molar-refractivity contribution < 1.29 is 22.7 Å². The van der Waals surface area contributed by atoms with Crippen LogP contribution in [0.4, 0.5) is 4.39 Å². The van der Waals surface area contributed by atoms with Crippen LogP contribution in [0.5, 0.6) is 0 Å². The van der Waals surface area contributed by atoms with Crippen molar-refractivity contribution in [1.82, 2.24) is 4.72 Å². The molecule has 0 spiro atoms. The summed E-state index contributed by atoms with van der Waals surface area (Å²) in [5.74, 6) is -2.04. The number of carboxylic acid groups (broad SMARTS) is 1. The molecule has 0 fully saturated rings. The van der Waals surface area contributed by atoms with Crippen molar-refractivity contribution >= 4 is 31.9 Å². The molecule has 1 unspecified atom stereocenters. The molecule has 1 rings (SSSR count). The van der Waals surface area contributed by atoms with Gasteiger partial charge < -0.3 is 5.11 Å². The number of benzene rings is 1. The zero-order valence-corrected chi connectivity index (χ0v) is 11.8. The van der Waals surface area contributed by atoms with Gasteiger partial charge in [-0.05, 0) is 25.1 Å². The Kier molecular flexibility index (Phi) is 4.83. The number of hydrogen-bond acceptors (Lipinski definition) is 3. The molecule has 0 saturated heterocycles. The molecule has 0 radical (unpaired) electrons. The minimum Gasteiger partial charge on any atom is -0.481 e. The van der Waals surface area contributed by atoms with Crippen LogP contribution in [0.3, 0.4) is 0 Å². The van der Waals surface area contributed by atoms with Gasteiger partial charge in [-0.15, -0.1) is 0 Å². The van der Waals surface area contributed by atoms with Crippen LogP contribution in [-0.2, 0) is 14.8 Å². The van der Waals surface area contributed by atoms with Crippen LogP contribution in [0.2, 0.25) is 0 Å². The van der Waals surface area contributed by atoms with Crippen molar-refractivity contribution in [3.8, 4) is 0 Å². The maximum Gasteiger partial charge on any atom is 0.304 e. The second-order valence-corrected chi connectivity index (χ2v) is 6.29. The van der Waals surface area contributed by atoms with E-state index in [2.05, 4.69) is 20.7 Å². The van der Waals surface area contributed by atoms with Crippen molar-refractivity contribution in [2.24, 2.45) is 0 Å². The fourth-order valence-electron chi connectivity index (χ4n) is 1.33. The van der Waals surface area contributed by atoms with Crippen LogP contribution >= 0.6 is 15.9 Å². The van der Waals surface area contributed by atoms with E-state index in [1.165, 1.54) is 13.0 Å². The normalized spacial score (nSPS) is 13.3. The van der Waals surface area contributed by atoms with Crippen molar-refractivity contribution in [3.63, 3.8) is 0 Å². The maximum absolute atomic E-state index is 13.5. The van der Waals surface area contributed by atoms with Crippen LogP contribution in [0.1, 0.15) is 13.3 Å². The molecule has 2 N–H and O–H groups in total. The van der Waals surface area contributed by atoms with E-state index in [1.807, 2.05) is 0 Å². The number of sulfonamides is 1. The number of halogens is 2. The van der Waals surface area contributed by atoms with Gasteiger partial charge in [-0.2, -0.15) is 0 Å². The molecule has 0 amide bonds. The zero-order valence-electron chi connectivity index (χ0n) is 9.35. The van der Waals surface area contributed by atoms with Gasteiger partial charge in [0.05, 0.1) is 6.42 Å². The predicted octanol–water partition coefficient (Wildman–Crippen LogP) is 1.73. The Morgan fingerprint density at radius 1 is 1.56 bits per heavy atom. The minimum absolute atomic E-state index is 0.378. The fraction of sp³-hybridized carbons (Fsp3) is 0.300. The van der Waals surface area contributed by atoms with Gasteiger partial charge >= 0.3 is 5.97 Å². The van der Waals surface area contributed by atoms with Crippen LogP contribution in [-0.4, -0.2) is 25.5 Å². The van der Waals surface area contributed by atoms with Crippen molar-refractivity contribution in [2.75, 3.05) is 0 Å². The highest BCUT2D eigenvalue weighted by molar-refractivity contribution is 9.10. The lowest BCUT2D eigenvalue weighted by Crippen LogP contribution is -2.34. The Hall–Kier alpha value is -0.990. The van der Waals surface area contributed by atoms with Gasteiger partial charge in [0.15, 0.2) is 0 Å². The molecule has 0 aliphatic heterocycles. The first-order valence-corrected chi connectivity index (χ1v) is 7.19.